The van der Waals surface area contributed by atoms with E-state index in [1.165, 1.54) is 7.11 Å². The lowest BCUT2D eigenvalue weighted by Crippen LogP contribution is -2.33. The van der Waals surface area contributed by atoms with E-state index in [9.17, 15) is 4.79 Å². The van der Waals surface area contributed by atoms with Crippen molar-refractivity contribution in [2.24, 2.45) is 0 Å². The first kappa shape index (κ1) is 23.4. The van der Waals surface area contributed by atoms with Gasteiger partial charge in [0.2, 0.25) is 0 Å². The minimum atomic E-state index is -0.351. The zero-order chi connectivity index (χ0) is 22.8. The molecule has 0 bridgehead atoms. The monoisotopic (exact) mass is 433 g/mol. The first-order valence-electron chi connectivity index (χ1n) is 11.0. The Hall–Kier alpha value is -3.25. The predicted octanol–water partition coefficient (Wildman–Crippen LogP) is 5.00. The number of ether oxygens (including phenoxy) is 2. The van der Waals surface area contributed by atoms with Gasteiger partial charge in [-0.05, 0) is 26.7 Å². The van der Waals surface area contributed by atoms with E-state index in [2.05, 4.69) is 47.7 Å². The van der Waals surface area contributed by atoms with Crippen LogP contribution in [-0.4, -0.2) is 48.8 Å². The maximum Gasteiger partial charge on any atom is 0.331 e. The van der Waals surface area contributed by atoms with E-state index in [4.69, 9.17) is 14.7 Å². The zero-order valence-corrected chi connectivity index (χ0v) is 19.0. The average molecular weight is 434 g/mol. The van der Waals surface area contributed by atoms with Crippen LogP contribution in [-0.2, 0) is 14.3 Å². The molecule has 3 rings (SSSR count). The third-order valence-corrected chi connectivity index (χ3v) is 5.16. The smallest absolute Gasteiger partial charge is 0.331 e. The van der Waals surface area contributed by atoms with Crippen molar-refractivity contribution in [3.63, 3.8) is 0 Å². The third kappa shape index (κ3) is 6.37. The van der Waals surface area contributed by atoms with Crippen LogP contribution in [0.1, 0.15) is 26.7 Å². The van der Waals surface area contributed by atoms with Gasteiger partial charge in [-0.15, -0.1) is 0 Å². The second kappa shape index (κ2) is 12.0. The summed E-state index contributed by atoms with van der Waals surface area (Å²) in [5.41, 5.74) is 3.84. The SMILES string of the molecule is COC(=O)COCCCCN(c1cnc(-c2ccccc2)c(-c2ccccc2)n1)C(C)C. The van der Waals surface area contributed by atoms with Crippen LogP contribution in [0, 0.1) is 0 Å². The molecule has 0 fully saturated rings. The van der Waals surface area contributed by atoms with Crippen molar-refractivity contribution >= 4 is 11.8 Å². The van der Waals surface area contributed by atoms with Gasteiger partial charge in [0.05, 0.1) is 24.7 Å². The number of benzene rings is 2. The number of hydrogen-bond donors (Lipinski definition) is 0. The molecule has 168 valence electrons. The molecule has 6 nitrogen and oxygen atoms in total. The number of anilines is 1. The lowest BCUT2D eigenvalue weighted by molar-refractivity contribution is -0.145. The molecule has 0 radical (unpaired) electrons. The molecular formula is C26H31N3O3. The molecule has 3 aromatic rings. The van der Waals surface area contributed by atoms with Gasteiger partial charge in [-0.2, -0.15) is 0 Å². The van der Waals surface area contributed by atoms with Crippen LogP contribution in [0.15, 0.2) is 66.9 Å². The van der Waals surface area contributed by atoms with Crippen LogP contribution in [0.2, 0.25) is 0 Å². The molecule has 0 aliphatic carbocycles. The quantitative estimate of drug-likeness (QED) is 0.313. The Labute approximate surface area is 190 Å². The van der Waals surface area contributed by atoms with Gasteiger partial charge in [-0.1, -0.05) is 60.7 Å². The molecule has 0 aliphatic heterocycles. The van der Waals surface area contributed by atoms with Crippen LogP contribution in [0.3, 0.4) is 0 Å². The van der Waals surface area contributed by atoms with Gasteiger partial charge < -0.3 is 14.4 Å². The van der Waals surface area contributed by atoms with Crippen LogP contribution < -0.4 is 4.90 Å². The Kier molecular flexibility index (Phi) is 8.75. The Bertz CT molecular complexity index is 978. The summed E-state index contributed by atoms with van der Waals surface area (Å²) in [6.07, 6.45) is 3.63. The number of carbonyl (C=O) groups is 1. The maximum absolute atomic E-state index is 11.1. The molecule has 1 aromatic heterocycles. The molecular weight excluding hydrogens is 402 g/mol. The van der Waals surface area contributed by atoms with E-state index in [1.807, 2.05) is 42.6 Å². The summed E-state index contributed by atoms with van der Waals surface area (Å²) in [7, 11) is 1.36. The number of esters is 1. The van der Waals surface area contributed by atoms with Crippen molar-refractivity contribution in [3.8, 4) is 22.5 Å². The maximum atomic E-state index is 11.1. The highest BCUT2D eigenvalue weighted by molar-refractivity contribution is 5.78. The van der Waals surface area contributed by atoms with Crippen LogP contribution in [0.5, 0.6) is 0 Å². The standard InChI is InChI=1S/C26H31N3O3/c1-20(2)29(16-10-11-17-32-19-24(30)31-3)23-18-27-25(21-12-6-4-7-13-21)26(28-23)22-14-8-5-9-15-22/h4-9,12-15,18,20H,10-11,16-17,19H2,1-3H3. The highest BCUT2D eigenvalue weighted by Gasteiger charge is 2.17. The number of unbranched alkanes of at least 4 members (excludes halogenated alkanes) is 1. The van der Waals surface area contributed by atoms with Gasteiger partial charge in [0.25, 0.3) is 0 Å². The van der Waals surface area contributed by atoms with Crippen molar-refractivity contribution in [1.82, 2.24) is 9.97 Å². The summed E-state index contributed by atoms with van der Waals surface area (Å²) in [6.45, 7) is 5.66. The van der Waals surface area contributed by atoms with Crippen LogP contribution >= 0.6 is 0 Å². The Morgan fingerprint density at radius 2 is 1.56 bits per heavy atom. The van der Waals surface area contributed by atoms with Crippen molar-refractivity contribution in [2.75, 3.05) is 31.8 Å². The minimum Gasteiger partial charge on any atom is -0.467 e. The van der Waals surface area contributed by atoms with E-state index in [1.54, 1.807) is 0 Å². The van der Waals surface area contributed by atoms with E-state index in [0.717, 1.165) is 47.7 Å². The molecule has 1 heterocycles. The molecule has 0 aliphatic rings. The Morgan fingerprint density at radius 1 is 0.938 bits per heavy atom. The number of methoxy groups -OCH3 is 1. The summed E-state index contributed by atoms with van der Waals surface area (Å²) in [6, 6.07) is 20.6. The molecule has 0 spiro atoms. The van der Waals surface area contributed by atoms with E-state index >= 15 is 0 Å². The summed E-state index contributed by atoms with van der Waals surface area (Å²) in [5, 5.41) is 0. The predicted molar refractivity (Wildman–Crippen MR) is 127 cm³/mol. The number of nitrogens with zero attached hydrogens (tertiary/aromatic N) is 3. The van der Waals surface area contributed by atoms with Crippen LogP contribution in [0.4, 0.5) is 5.82 Å². The summed E-state index contributed by atoms with van der Waals surface area (Å²) >= 11 is 0. The van der Waals surface area contributed by atoms with Gasteiger partial charge in [-0.3, -0.25) is 4.98 Å². The Morgan fingerprint density at radius 3 is 2.16 bits per heavy atom. The molecule has 0 N–H and O–H groups in total. The van der Waals surface area contributed by atoms with Gasteiger partial charge in [0.15, 0.2) is 0 Å². The van der Waals surface area contributed by atoms with E-state index < -0.39 is 0 Å². The summed E-state index contributed by atoms with van der Waals surface area (Å²) < 4.78 is 9.94. The average Bonchev–Trinajstić information content (AvgIpc) is 2.84. The van der Waals surface area contributed by atoms with Gasteiger partial charge in [-0.25, -0.2) is 9.78 Å². The van der Waals surface area contributed by atoms with Crippen LogP contribution in [0.25, 0.3) is 22.5 Å². The van der Waals surface area contributed by atoms with Gasteiger partial charge in [0.1, 0.15) is 12.4 Å². The topological polar surface area (TPSA) is 64.6 Å². The molecule has 0 amide bonds. The molecule has 0 atom stereocenters. The second-order valence-corrected chi connectivity index (χ2v) is 7.78. The second-order valence-electron chi connectivity index (χ2n) is 7.78. The number of hydrogen-bond acceptors (Lipinski definition) is 6. The van der Waals surface area contributed by atoms with Crippen molar-refractivity contribution in [1.29, 1.82) is 0 Å². The zero-order valence-electron chi connectivity index (χ0n) is 19.0. The largest absolute Gasteiger partial charge is 0.467 e. The molecule has 6 heteroatoms. The van der Waals surface area contributed by atoms with Crippen molar-refractivity contribution < 1.29 is 14.3 Å². The fourth-order valence-corrected chi connectivity index (χ4v) is 3.46. The summed E-state index contributed by atoms with van der Waals surface area (Å²) in [4.78, 5) is 23.3. The van der Waals surface area contributed by atoms with Crippen molar-refractivity contribution in [3.05, 3.63) is 66.9 Å². The molecule has 0 saturated heterocycles. The summed E-state index contributed by atoms with van der Waals surface area (Å²) in [5.74, 6) is 0.505. The molecule has 32 heavy (non-hydrogen) atoms. The highest BCUT2D eigenvalue weighted by atomic mass is 16.6. The molecule has 0 unspecified atom stereocenters. The fourth-order valence-electron chi connectivity index (χ4n) is 3.46. The number of aromatic nitrogens is 2. The lowest BCUT2D eigenvalue weighted by atomic mass is 10.0. The number of carbonyl (C=O) groups excluding carboxylic acids is 1. The molecule has 0 saturated carbocycles. The first-order valence-corrected chi connectivity index (χ1v) is 11.0. The third-order valence-electron chi connectivity index (χ3n) is 5.16. The normalized spacial score (nSPS) is 10.9. The van der Waals surface area contributed by atoms with Gasteiger partial charge in [0, 0.05) is 30.3 Å². The van der Waals surface area contributed by atoms with E-state index in [-0.39, 0.29) is 18.6 Å². The number of rotatable bonds is 11. The highest BCUT2D eigenvalue weighted by Crippen LogP contribution is 2.30. The fraction of sp³-hybridized carbons (Fsp3) is 0.346. The minimum absolute atomic E-state index is 0.00272. The lowest BCUT2D eigenvalue weighted by Gasteiger charge is -2.28. The molecule has 2 aromatic carbocycles. The van der Waals surface area contributed by atoms with Gasteiger partial charge >= 0.3 is 5.97 Å². The first-order chi connectivity index (χ1) is 15.6. The Balaban J connectivity index is 1.78. The van der Waals surface area contributed by atoms with E-state index in [0.29, 0.717) is 6.61 Å². The van der Waals surface area contributed by atoms with Crippen molar-refractivity contribution in [2.45, 2.75) is 32.7 Å².